The summed E-state index contributed by atoms with van der Waals surface area (Å²) in [6.45, 7) is 0.577. The summed E-state index contributed by atoms with van der Waals surface area (Å²) < 4.78 is 0. The van der Waals surface area contributed by atoms with Crippen LogP contribution in [0.2, 0.25) is 5.02 Å². The quantitative estimate of drug-likeness (QED) is 0.694. The molecule has 0 saturated carbocycles. The number of hydrogen-bond acceptors (Lipinski definition) is 4. The van der Waals surface area contributed by atoms with Crippen LogP contribution in [0, 0.1) is 0 Å². The molecule has 0 spiro atoms. The monoisotopic (exact) mass is 285 g/mol. The first-order valence-corrected chi connectivity index (χ1v) is 5.95. The highest BCUT2D eigenvalue weighted by atomic mass is 35.5. The van der Waals surface area contributed by atoms with Gasteiger partial charge in [0.15, 0.2) is 0 Å². The molecule has 8 heteroatoms. The van der Waals surface area contributed by atoms with E-state index in [2.05, 4.69) is 15.6 Å². The van der Waals surface area contributed by atoms with Gasteiger partial charge in [-0.1, -0.05) is 11.6 Å². The molecule has 0 aliphatic rings. The van der Waals surface area contributed by atoms with Crippen molar-refractivity contribution in [1.29, 1.82) is 0 Å². The lowest BCUT2D eigenvalue weighted by Gasteiger charge is -2.12. The molecular weight excluding hydrogens is 270 g/mol. The average molecular weight is 286 g/mol. The molecule has 7 nitrogen and oxygen atoms in total. The van der Waals surface area contributed by atoms with Crippen LogP contribution in [0.5, 0.6) is 0 Å². The van der Waals surface area contributed by atoms with Crippen LogP contribution < -0.4 is 16.4 Å². The second-order valence-corrected chi connectivity index (χ2v) is 4.36. The molecule has 1 aromatic heterocycles. The van der Waals surface area contributed by atoms with Gasteiger partial charge in [0.05, 0.1) is 5.02 Å². The Morgan fingerprint density at radius 3 is 2.58 bits per heavy atom. The van der Waals surface area contributed by atoms with Crippen LogP contribution in [0.4, 0.5) is 10.6 Å². The van der Waals surface area contributed by atoms with Crippen LogP contribution in [-0.2, 0) is 0 Å². The van der Waals surface area contributed by atoms with E-state index < -0.39 is 5.91 Å². The molecule has 1 rings (SSSR count). The number of rotatable bonds is 4. The van der Waals surface area contributed by atoms with Gasteiger partial charge in [0.25, 0.3) is 5.91 Å². The third-order valence-corrected chi connectivity index (χ3v) is 2.48. The standard InChI is InChI=1S/C11H16ClN5O2/c1-17(2)11(19)15-6-5-14-10(18)9-7(12)3-4-8(13)16-9/h3-4H,5-6H2,1-2H3,(H2,13,16)(H,14,18)(H,15,19). The lowest BCUT2D eigenvalue weighted by molar-refractivity contribution is 0.0949. The Morgan fingerprint density at radius 1 is 1.32 bits per heavy atom. The minimum atomic E-state index is -0.434. The number of carbonyl (C=O) groups is 2. The van der Waals surface area contributed by atoms with Gasteiger partial charge < -0.3 is 21.3 Å². The topological polar surface area (TPSA) is 100 Å². The number of nitrogens with two attached hydrogens (primary N) is 1. The fourth-order valence-corrected chi connectivity index (χ4v) is 1.39. The molecule has 0 saturated heterocycles. The van der Waals surface area contributed by atoms with Crippen LogP contribution in [0.3, 0.4) is 0 Å². The Bertz CT molecular complexity index is 478. The largest absolute Gasteiger partial charge is 0.384 e. The Morgan fingerprint density at radius 2 is 1.95 bits per heavy atom. The zero-order chi connectivity index (χ0) is 14.4. The summed E-state index contributed by atoms with van der Waals surface area (Å²) in [5, 5.41) is 5.42. The Hall–Kier alpha value is -2.02. The van der Waals surface area contributed by atoms with Gasteiger partial charge in [-0.3, -0.25) is 4.79 Å². The van der Waals surface area contributed by atoms with Crippen molar-refractivity contribution in [2.24, 2.45) is 0 Å². The molecule has 4 N–H and O–H groups in total. The first-order chi connectivity index (χ1) is 8.91. The van der Waals surface area contributed by atoms with E-state index >= 15 is 0 Å². The first-order valence-electron chi connectivity index (χ1n) is 5.57. The third-order valence-electron chi connectivity index (χ3n) is 2.18. The van der Waals surface area contributed by atoms with E-state index in [0.29, 0.717) is 6.54 Å². The summed E-state index contributed by atoms with van der Waals surface area (Å²) in [6.07, 6.45) is 0. The molecule has 0 atom stereocenters. The predicted molar refractivity (Wildman–Crippen MR) is 73.1 cm³/mol. The van der Waals surface area contributed by atoms with E-state index in [1.165, 1.54) is 17.0 Å². The molecule has 0 aliphatic heterocycles. The average Bonchev–Trinajstić information content (AvgIpc) is 2.36. The maximum absolute atomic E-state index is 11.8. The van der Waals surface area contributed by atoms with Gasteiger partial charge in [-0.05, 0) is 12.1 Å². The van der Waals surface area contributed by atoms with E-state index in [9.17, 15) is 9.59 Å². The highest BCUT2D eigenvalue weighted by Gasteiger charge is 2.12. The van der Waals surface area contributed by atoms with Crippen molar-refractivity contribution < 1.29 is 9.59 Å². The van der Waals surface area contributed by atoms with E-state index in [1.54, 1.807) is 14.1 Å². The fraction of sp³-hybridized carbons (Fsp3) is 0.364. The normalized spacial score (nSPS) is 9.84. The van der Waals surface area contributed by atoms with Crippen molar-refractivity contribution in [3.63, 3.8) is 0 Å². The number of carbonyl (C=O) groups excluding carboxylic acids is 2. The molecule has 19 heavy (non-hydrogen) atoms. The second-order valence-electron chi connectivity index (χ2n) is 3.95. The van der Waals surface area contributed by atoms with Crippen LogP contribution in [0.25, 0.3) is 0 Å². The van der Waals surface area contributed by atoms with Crippen LogP contribution >= 0.6 is 11.6 Å². The maximum atomic E-state index is 11.8. The summed E-state index contributed by atoms with van der Waals surface area (Å²) in [5.74, 6) is -0.216. The number of nitrogens with one attached hydrogen (secondary N) is 2. The molecule has 1 aromatic rings. The molecule has 0 fully saturated rings. The molecule has 104 valence electrons. The smallest absolute Gasteiger partial charge is 0.316 e. The Kier molecular flexibility index (Phi) is 5.37. The van der Waals surface area contributed by atoms with Gasteiger partial charge in [0, 0.05) is 27.2 Å². The van der Waals surface area contributed by atoms with E-state index in [4.69, 9.17) is 17.3 Å². The number of anilines is 1. The Labute approximate surface area is 116 Å². The molecule has 0 aliphatic carbocycles. The van der Waals surface area contributed by atoms with Crippen molar-refractivity contribution in [2.45, 2.75) is 0 Å². The van der Waals surface area contributed by atoms with Gasteiger partial charge in [-0.15, -0.1) is 0 Å². The van der Waals surface area contributed by atoms with E-state index in [-0.39, 0.29) is 29.1 Å². The van der Waals surface area contributed by atoms with E-state index in [1.807, 2.05) is 0 Å². The number of nitrogens with zero attached hydrogens (tertiary/aromatic N) is 2. The highest BCUT2D eigenvalue weighted by Crippen LogP contribution is 2.14. The van der Waals surface area contributed by atoms with Crippen molar-refractivity contribution in [1.82, 2.24) is 20.5 Å². The second kappa shape index (κ2) is 6.79. The maximum Gasteiger partial charge on any atom is 0.316 e. The van der Waals surface area contributed by atoms with Crippen molar-refractivity contribution >= 4 is 29.4 Å². The number of nitrogen functional groups attached to an aromatic ring is 1. The molecule has 1 heterocycles. The number of aromatic nitrogens is 1. The van der Waals surface area contributed by atoms with Crippen LogP contribution in [0.1, 0.15) is 10.5 Å². The number of pyridine rings is 1. The lowest BCUT2D eigenvalue weighted by Crippen LogP contribution is -2.39. The SMILES string of the molecule is CN(C)C(=O)NCCNC(=O)c1nc(N)ccc1Cl. The molecular formula is C11H16ClN5O2. The fourth-order valence-electron chi connectivity index (χ4n) is 1.20. The molecule has 0 unspecified atom stereocenters. The molecule has 0 radical (unpaired) electrons. The molecule has 3 amide bonds. The minimum absolute atomic E-state index is 0.0700. The van der Waals surface area contributed by atoms with Crippen molar-refractivity contribution in [3.8, 4) is 0 Å². The Balaban J connectivity index is 2.44. The lowest BCUT2D eigenvalue weighted by atomic mass is 10.3. The summed E-state index contributed by atoms with van der Waals surface area (Å²) in [7, 11) is 3.26. The van der Waals surface area contributed by atoms with E-state index in [0.717, 1.165) is 0 Å². The highest BCUT2D eigenvalue weighted by molar-refractivity contribution is 6.33. The number of urea groups is 1. The zero-order valence-corrected chi connectivity index (χ0v) is 11.5. The van der Waals surface area contributed by atoms with Gasteiger partial charge in [-0.2, -0.15) is 0 Å². The summed E-state index contributed by atoms with van der Waals surface area (Å²) in [4.78, 5) is 28.2. The van der Waals surface area contributed by atoms with Crippen LogP contribution in [-0.4, -0.2) is 49.0 Å². The van der Waals surface area contributed by atoms with Crippen molar-refractivity contribution in [2.75, 3.05) is 32.9 Å². The zero-order valence-electron chi connectivity index (χ0n) is 10.7. The number of amides is 3. The van der Waals surface area contributed by atoms with Gasteiger partial charge in [0.2, 0.25) is 0 Å². The van der Waals surface area contributed by atoms with Crippen LogP contribution in [0.15, 0.2) is 12.1 Å². The first kappa shape index (κ1) is 15.0. The predicted octanol–water partition coefficient (Wildman–Crippen LogP) is 0.318. The summed E-state index contributed by atoms with van der Waals surface area (Å²) in [5.41, 5.74) is 5.55. The number of halogens is 1. The third kappa shape index (κ3) is 4.63. The summed E-state index contributed by atoms with van der Waals surface area (Å²) >= 11 is 5.84. The minimum Gasteiger partial charge on any atom is -0.384 e. The van der Waals surface area contributed by atoms with Gasteiger partial charge >= 0.3 is 6.03 Å². The van der Waals surface area contributed by atoms with Gasteiger partial charge in [0.1, 0.15) is 11.5 Å². The summed E-state index contributed by atoms with van der Waals surface area (Å²) in [6, 6.07) is 2.79. The number of hydrogen-bond donors (Lipinski definition) is 3. The molecule has 0 bridgehead atoms. The van der Waals surface area contributed by atoms with Gasteiger partial charge in [-0.25, -0.2) is 9.78 Å². The van der Waals surface area contributed by atoms with Crippen molar-refractivity contribution in [3.05, 3.63) is 22.8 Å². The molecule has 0 aromatic carbocycles.